The van der Waals surface area contributed by atoms with Gasteiger partial charge in [-0.2, -0.15) is 5.48 Å². The minimum Gasteiger partial charge on any atom is -0.382 e. The maximum Gasteiger partial charge on any atom is 0.334 e. The Morgan fingerprint density at radius 3 is 1.73 bits per heavy atom. The van der Waals surface area contributed by atoms with Gasteiger partial charge in [-0.3, -0.25) is 14.4 Å². The molecule has 13 heteroatoms. The summed E-state index contributed by atoms with van der Waals surface area (Å²) in [6, 6.07) is 18.3. The second kappa shape index (κ2) is 28.0. The quantitative estimate of drug-likeness (QED) is 0.0896. The predicted octanol–water partition coefficient (Wildman–Crippen LogP) is 2.48. The van der Waals surface area contributed by atoms with Crippen molar-refractivity contribution >= 4 is 23.7 Å². The molecular formula is C36H53N3O10. The lowest BCUT2D eigenvalue weighted by atomic mass is 10.0. The molecule has 13 nitrogen and oxygen atoms in total. The van der Waals surface area contributed by atoms with Crippen molar-refractivity contribution in [2.24, 2.45) is 0 Å². The van der Waals surface area contributed by atoms with E-state index in [0.29, 0.717) is 59.2 Å². The molecule has 0 unspecified atom stereocenters. The summed E-state index contributed by atoms with van der Waals surface area (Å²) in [5.41, 5.74) is 5.54. The molecule has 49 heavy (non-hydrogen) atoms. The van der Waals surface area contributed by atoms with E-state index < -0.39 is 11.9 Å². The predicted molar refractivity (Wildman–Crippen MR) is 182 cm³/mol. The smallest absolute Gasteiger partial charge is 0.334 e. The van der Waals surface area contributed by atoms with Crippen LogP contribution in [0.1, 0.15) is 48.8 Å². The molecule has 0 aliphatic rings. The van der Waals surface area contributed by atoms with Crippen molar-refractivity contribution < 1.29 is 47.7 Å². The Morgan fingerprint density at radius 2 is 1.10 bits per heavy atom. The maximum absolute atomic E-state index is 12.2. The Bertz CT molecular complexity index is 1180. The molecule has 2 aromatic carbocycles. The van der Waals surface area contributed by atoms with Gasteiger partial charge in [-0.25, -0.2) is 4.79 Å². The van der Waals surface area contributed by atoms with E-state index in [9.17, 15) is 19.2 Å². The molecule has 3 N–H and O–H groups in total. The molecular weight excluding hydrogens is 634 g/mol. The van der Waals surface area contributed by atoms with Gasteiger partial charge in [-0.15, -0.1) is 0 Å². The van der Waals surface area contributed by atoms with Crippen LogP contribution in [0.25, 0.3) is 0 Å². The van der Waals surface area contributed by atoms with Gasteiger partial charge in [0.25, 0.3) is 5.91 Å². The summed E-state index contributed by atoms with van der Waals surface area (Å²) in [6.07, 6.45) is 4.82. The lowest BCUT2D eigenvalue weighted by Gasteiger charge is -2.09. The lowest BCUT2D eigenvalue weighted by Crippen LogP contribution is -2.32. The number of carbonyl (C=O) groups excluding carboxylic acids is 4. The third-order valence-electron chi connectivity index (χ3n) is 7.03. The first-order chi connectivity index (χ1) is 24.0. The third kappa shape index (κ3) is 23.2. The Hall–Kier alpha value is -3.88. The van der Waals surface area contributed by atoms with Crippen LogP contribution in [0.2, 0.25) is 0 Å². The fourth-order valence-electron chi connectivity index (χ4n) is 4.40. The summed E-state index contributed by atoms with van der Waals surface area (Å²) >= 11 is 0. The Kier molecular flexibility index (Phi) is 23.6. The van der Waals surface area contributed by atoms with Gasteiger partial charge in [0.05, 0.1) is 65.7 Å². The van der Waals surface area contributed by atoms with E-state index in [0.717, 1.165) is 31.2 Å². The van der Waals surface area contributed by atoms with Crippen LogP contribution in [-0.4, -0.2) is 103 Å². The van der Waals surface area contributed by atoms with E-state index in [1.807, 2.05) is 30.3 Å². The van der Waals surface area contributed by atoms with Crippen molar-refractivity contribution in [2.45, 2.75) is 51.4 Å². The van der Waals surface area contributed by atoms with Gasteiger partial charge in [-0.05, 0) is 48.8 Å². The molecule has 0 aliphatic heterocycles. The molecule has 0 saturated heterocycles. The highest BCUT2D eigenvalue weighted by Crippen LogP contribution is 2.11. The molecule has 272 valence electrons. The van der Waals surface area contributed by atoms with Crippen LogP contribution in [0, 0.1) is 0 Å². The molecule has 0 fully saturated rings. The van der Waals surface area contributed by atoms with Crippen LogP contribution in [0.5, 0.6) is 0 Å². The minimum absolute atomic E-state index is 0.0675. The van der Waals surface area contributed by atoms with E-state index >= 15 is 0 Å². The van der Waals surface area contributed by atoms with E-state index in [4.69, 9.17) is 28.5 Å². The topological polar surface area (TPSA) is 160 Å². The molecule has 0 radical (unpaired) electrons. The van der Waals surface area contributed by atoms with Gasteiger partial charge in [0, 0.05) is 26.6 Å². The average Bonchev–Trinajstić information content (AvgIpc) is 3.11. The fraction of sp³-hybridized carbons (Fsp3) is 0.556. The zero-order valence-corrected chi connectivity index (χ0v) is 28.7. The molecule has 0 aromatic heterocycles. The number of hydrogen-bond donors (Lipinski definition) is 3. The number of benzene rings is 2. The molecule has 0 saturated carbocycles. The highest BCUT2D eigenvalue weighted by molar-refractivity contribution is 5.80. The van der Waals surface area contributed by atoms with Crippen LogP contribution in [0.4, 0.5) is 0 Å². The number of hydrogen-bond acceptors (Lipinski definition) is 10. The van der Waals surface area contributed by atoms with Crippen molar-refractivity contribution in [1.82, 2.24) is 16.1 Å². The number of hydroxylamine groups is 1. The van der Waals surface area contributed by atoms with Crippen molar-refractivity contribution in [1.29, 1.82) is 0 Å². The molecule has 0 atom stereocenters. The lowest BCUT2D eigenvalue weighted by molar-refractivity contribution is -0.158. The van der Waals surface area contributed by atoms with E-state index in [2.05, 4.69) is 40.4 Å². The standard InChI is InChI=1S/C36H53N3O10/c1-44-20-21-45-22-23-46-24-25-47-26-27-48-29-35(42)37-18-7-12-33(40)38-19-17-36(43)49-39-34(41)28-32-15-13-31(14-16-32)11-6-5-10-30-8-3-2-4-9-30/h2-4,8-9,13-16H,5-7,10-12,17-29H2,1H3,(H,37,42)(H,38,40)(H,39,41). The number of unbranched alkanes of at least 4 members (excludes halogenated alkanes) is 1. The summed E-state index contributed by atoms with van der Waals surface area (Å²) in [5.74, 6) is -1.65. The molecule has 0 aliphatic carbocycles. The van der Waals surface area contributed by atoms with Crippen LogP contribution >= 0.6 is 0 Å². The first-order valence-electron chi connectivity index (χ1n) is 16.9. The highest BCUT2D eigenvalue weighted by atomic mass is 16.7. The highest BCUT2D eigenvalue weighted by Gasteiger charge is 2.10. The number of ether oxygens (including phenoxy) is 5. The molecule has 0 bridgehead atoms. The largest absolute Gasteiger partial charge is 0.382 e. The van der Waals surface area contributed by atoms with Gasteiger partial charge < -0.3 is 39.2 Å². The Morgan fingerprint density at radius 1 is 0.551 bits per heavy atom. The van der Waals surface area contributed by atoms with Gasteiger partial charge in [0.2, 0.25) is 11.8 Å². The molecule has 2 aromatic rings. The van der Waals surface area contributed by atoms with Crippen molar-refractivity contribution in [3.63, 3.8) is 0 Å². The maximum atomic E-state index is 12.2. The van der Waals surface area contributed by atoms with Crippen LogP contribution < -0.4 is 16.1 Å². The van der Waals surface area contributed by atoms with E-state index in [-0.39, 0.29) is 50.8 Å². The second-order valence-electron chi connectivity index (χ2n) is 11.1. The monoisotopic (exact) mass is 687 g/mol. The van der Waals surface area contributed by atoms with E-state index in [1.165, 1.54) is 11.1 Å². The van der Waals surface area contributed by atoms with Crippen LogP contribution in [0.3, 0.4) is 0 Å². The first kappa shape index (κ1) is 41.3. The number of nitrogens with one attached hydrogen (secondary N) is 3. The van der Waals surface area contributed by atoms with Gasteiger partial charge in [0.1, 0.15) is 6.61 Å². The Labute approximate surface area is 289 Å². The third-order valence-corrected chi connectivity index (χ3v) is 7.03. The number of aryl methyl sites for hydroxylation is 2. The zero-order chi connectivity index (χ0) is 35.2. The van der Waals surface area contributed by atoms with Crippen molar-refractivity contribution in [2.75, 3.05) is 79.7 Å². The summed E-state index contributed by atoms with van der Waals surface area (Å²) in [7, 11) is 1.62. The molecule has 0 heterocycles. The van der Waals surface area contributed by atoms with Gasteiger partial charge >= 0.3 is 5.97 Å². The fourth-order valence-corrected chi connectivity index (χ4v) is 4.40. The second-order valence-corrected chi connectivity index (χ2v) is 11.1. The number of carbonyl (C=O) groups is 4. The average molecular weight is 688 g/mol. The Balaban J connectivity index is 1.38. The summed E-state index contributed by atoms with van der Waals surface area (Å²) in [5, 5.41) is 5.30. The van der Waals surface area contributed by atoms with Crippen molar-refractivity contribution in [3.8, 4) is 0 Å². The van der Waals surface area contributed by atoms with Crippen LogP contribution in [-0.2, 0) is 67.0 Å². The molecule has 2 rings (SSSR count). The van der Waals surface area contributed by atoms with Crippen molar-refractivity contribution in [3.05, 3.63) is 71.3 Å². The van der Waals surface area contributed by atoms with Crippen LogP contribution in [0.15, 0.2) is 54.6 Å². The van der Waals surface area contributed by atoms with Gasteiger partial charge in [0.15, 0.2) is 0 Å². The minimum atomic E-state index is -0.662. The summed E-state index contributed by atoms with van der Waals surface area (Å²) in [4.78, 5) is 52.8. The number of amides is 3. The molecule has 3 amide bonds. The normalized spacial score (nSPS) is 10.8. The molecule has 0 spiro atoms. The first-order valence-corrected chi connectivity index (χ1v) is 16.9. The zero-order valence-electron chi connectivity index (χ0n) is 28.7. The summed E-state index contributed by atoms with van der Waals surface area (Å²) < 4.78 is 26.1. The number of rotatable bonds is 28. The van der Waals surface area contributed by atoms with Gasteiger partial charge in [-0.1, -0.05) is 54.6 Å². The SMILES string of the molecule is COCCOCCOCCOCCOCC(=O)NCCCC(=O)NCCC(=O)ONC(=O)Cc1ccc(CCCCc2ccccc2)cc1. The summed E-state index contributed by atoms with van der Waals surface area (Å²) in [6.45, 7) is 3.81. The number of methoxy groups -OCH3 is 1. The van der Waals surface area contributed by atoms with E-state index in [1.54, 1.807) is 7.11 Å².